The molecule has 0 unspecified atom stereocenters. The Hall–Kier alpha value is -2.46. The SMILES string of the molecule is CCCCSc1sc2nc(-c3nccs3)cc(-c3cccc(C(=O)NCCO)c3)c2c1N. The number of aromatic nitrogens is 2. The number of anilines is 1. The number of fused-ring (bicyclic) bond motifs is 1. The normalized spacial score (nSPS) is 11.2. The van der Waals surface area contributed by atoms with Crippen LogP contribution in [0.25, 0.3) is 32.0 Å². The first-order chi connectivity index (χ1) is 15.6. The molecule has 166 valence electrons. The maximum atomic E-state index is 12.5. The van der Waals surface area contributed by atoms with Crippen LogP contribution in [0.4, 0.5) is 5.69 Å². The number of nitrogens with two attached hydrogens (primary N) is 1. The predicted octanol–water partition coefficient (Wildman–Crippen LogP) is 5.28. The molecule has 0 aliphatic rings. The molecule has 3 heterocycles. The maximum absolute atomic E-state index is 12.5. The van der Waals surface area contributed by atoms with E-state index in [2.05, 4.69) is 17.2 Å². The van der Waals surface area contributed by atoms with Crippen molar-refractivity contribution in [3.8, 4) is 21.8 Å². The first kappa shape index (κ1) is 22.7. The van der Waals surface area contributed by atoms with E-state index in [0.29, 0.717) is 5.56 Å². The zero-order valence-electron chi connectivity index (χ0n) is 17.6. The summed E-state index contributed by atoms with van der Waals surface area (Å²) in [6, 6.07) is 9.46. The molecule has 1 aromatic carbocycles. The van der Waals surface area contributed by atoms with Gasteiger partial charge in [-0.15, -0.1) is 34.4 Å². The van der Waals surface area contributed by atoms with Gasteiger partial charge in [0.2, 0.25) is 0 Å². The Kier molecular flexibility index (Phi) is 7.41. The molecular formula is C23H24N4O2S3. The van der Waals surface area contributed by atoms with Crippen LogP contribution >= 0.6 is 34.4 Å². The monoisotopic (exact) mass is 484 g/mol. The van der Waals surface area contributed by atoms with E-state index in [-0.39, 0.29) is 19.1 Å². The van der Waals surface area contributed by atoms with E-state index < -0.39 is 0 Å². The molecule has 0 spiro atoms. The van der Waals surface area contributed by atoms with Gasteiger partial charge in [-0.25, -0.2) is 9.97 Å². The number of rotatable bonds is 9. The number of pyridine rings is 1. The third kappa shape index (κ3) is 4.80. The maximum Gasteiger partial charge on any atom is 0.251 e. The molecule has 0 atom stereocenters. The van der Waals surface area contributed by atoms with Crippen molar-refractivity contribution in [2.24, 2.45) is 0 Å². The van der Waals surface area contributed by atoms with Crippen molar-refractivity contribution in [3.63, 3.8) is 0 Å². The number of amides is 1. The van der Waals surface area contributed by atoms with Gasteiger partial charge in [0.15, 0.2) is 0 Å². The summed E-state index contributed by atoms with van der Waals surface area (Å²) >= 11 is 4.93. The zero-order chi connectivity index (χ0) is 22.5. The lowest BCUT2D eigenvalue weighted by Gasteiger charge is -2.10. The molecule has 0 aliphatic heterocycles. The van der Waals surface area contributed by atoms with Gasteiger partial charge < -0.3 is 16.2 Å². The molecule has 32 heavy (non-hydrogen) atoms. The lowest BCUT2D eigenvalue weighted by atomic mass is 9.99. The minimum absolute atomic E-state index is 0.0997. The third-order valence-electron chi connectivity index (χ3n) is 4.88. The average Bonchev–Trinajstić information content (AvgIpc) is 3.46. The molecule has 0 radical (unpaired) electrons. The summed E-state index contributed by atoms with van der Waals surface area (Å²) in [6.07, 6.45) is 4.04. The van der Waals surface area contributed by atoms with Gasteiger partial charge >= 0.3 is 0 Å². The first-order valence-corrected chi connectivity index (χ1v) is 13.1. The molecule has 9 heteroatoms. The van der Waals surface area contributed by atoms with Crippen LogP contribution in [-0.4, -0.2) is 39.9 Å². The number of hydrogen-bond donors (Lipinski definition) is 3. The van der Waals surface area contributed by atoms with Gasteiger partial charge in [0, 0.05) is 29.1 Å². The van der Waals surface area contributed by atoms with Crippen LogP contribution < -0.4 is 11.1 Å². The fourth-order valence-electron chi connectivity index (χ4n) is 3.30. The van der Waals surface area contributed by atoms with Crippen molar-refractivity contribution in [1.82, 2.24) is 15.3 Å². The van der Waals surface area contributed by atoms with Crippen LogP contribution in [0.5, 0.6) is 0 Å². The number of thiophene rings is 1. The van der Waals surface area contributed by atoms with Gasteiger partial charge in [0.05, 0.1) is 16.5 Å². The largest absolute Gasteiger partial charge is 0.397 e. The summed E-state index contributed by atoms with van der Waals surface area (Å²) in [4.78, 5) is 22.6. The Morgan fingerprint density at radius 3 is 2.94 bits per heavy atom. The average molecular weight is 485 g/mol. The molecule has 0 saturated heterocycles. The summed E-state index contributed by atoms with van der Waals surface area (Å²) < 4.78 is 1.08. The highest BCUT2D eigenvalue weighted by molar-refractivity contribution is 8.01. The van der Waals surface area contributed by atoms with Crippen LogP contribution in [0.15, 0.2) is 46.1 Å². The number of aliphatic hydroxyl groups is 1. The van der Waals surface area contributed by atoms with Crippen LogP contribution in [0, 0.1) is 0 Å². The van der Waals surface area contributed by atoms with Gasteiger partial charge in [0.1, 0.15) is 15.5 Å². The number of carbonyl (C=O) groups excluding carboxylic acids is 1. The van der Waals surface area contributed by atoms with Gasteiger partial charge in [-0.2, -0.15) is 0 Å². The van der Waals surface area contributed by atoms with Crippen molar-refractivity contribution in [2.45, 2.75) is 24.0 Å². The van der Waals surface area contributed by atoms with Crippen molar-refractivity contribution in [3.05, 3.63) is 47.5 Å². The van der Waals surface area contributed by atoms with E-state index >= 15 is 0 Å². The zero-order valence-corrected chi connectivity index (χ0v) is 20.1. The number of nitrogens with one attached hydrogen (secondary N) is 1. The van der Waals surface area contributed by atoms with Gasteiger partial charge in [-0.05, 0) is 41.5 Å². The predicted molar refractivity (Wildman–Crippen MR) is 136 cm³/mol. The summed E-state index contributed by atoms with van der Waals surface area (Å²) in [5, 5.41) is 15.4. The summed E-state index contributed by atoms with van der Waals surface area (Å²) in [5.74, 6) is 0.795. The molecule has 6 nitrogen and oxygen atoms in total. The van der Waals surface area contributed by atoms with Crippen molar-refractivity contribution >= 4 is 56.2 Å². The minimum Gasteiger partial charge on any atom is -0.397 e. The number of hydrogen-bond acceptors (Lipinski definition) is 8. The molecule has 3 aromatic heterocycles. The van der Waals surface area contributed by atoms with Gasteiger partial charge in [-0.1, -0.05) is 25.5 Å². The topological polar surface area (TPSA) is 101 Å². The fraction of sp³-hybridized carbons (Fsp3) is 0.261. The number of nitrogen functional groups attached to an aromatic ring is 1. The van der Waals surface area contributed by atoms with Crippen molar-refractivity contribution in [1.29, 1.82) is 0 Å². The second-order valence-corrected chi connectivity index (χ2v) is 10.4. The number of thiazole rings is 1. The number of aliphatic hydroxyl groups excluding tert-OH is 1. The van der Waals surface area contributed by atoms with Gasteiger partial charge in [-0.3, -0.25) is 4.79 Å². The third-order valence-corrected chi connectivity index (χ3v) is 8.15. The minimum atomic E-state index is -0.222. The quantitative estimate of drug-likeness (QED) is 0.221. The first-order valence-electron chi connectivity index (χ1n) is 10.4. The molecule has 4 rings (SSSR count). The molecule has 0 bridgehead atoms. The molecule has 0 aliphatic carbocycles. The Labute approximate surface area is 198 Å². The van der Waals surface area contributed by atoms with Crippen LogP contribution in [0.3, 0.4) is 0 Å². The molecule has 0 saturated carbocycles. The smallest absolute Gasteiger partial charge is 0.251 e. The van der Waals surface area contributed by atoms with Crippen LogP contribution in [0.2, 0.25) is 0 Å². The second-order valence-electron chi connectivity index (χ2n) is 7.14. The van der Waals surface area contributed by atoms with E-state index in [4.69, 9.17) is 15.8 Å². The van der Waals surface area contributed by atoms with Crippen molar-refractivity contribution in [2.75, 3.05) is 24.6 Å². The van der Waals surface area contributed by atoms with E-state index in [1.807, 2.05) is 29.6 Å². The van der Waals surface area contributed by atoms with Crippen molar-refractivity contribution < 1.29 is 9.90 Å². The van der Waals surface area contributed by atoms with Crippen LogP contribution in [-0.2, 0) is 0 Å². The highest BCUT2D eigenvalue weighted by Gasteiger charge is 2.19. The number of benzene rings is 1. The van der Waals surface area contributed by atoms with Gasteiger partial charge in [0.25, 0.3) is 5.91 Å². The van der Waals surface area contributed by atoms with Crippen LogP contribution in [0.1, 0.15) is 30.1 Å². The number of nitrogens with zero attached hydrogens (tertiary/aromatic N) is 2. The summed E-state index contributed by atoms with van der Waals surface area (Å²) in [6.45, 7) is 2.29. The van der Waals surface area contributed by atoms with E-state index in [9.17, 15) is 4.79 Å². The Balaban J connectivity index is 1.84. The fourth-order valence-corrected chi connectivity index (χ4v) is 6.35. The molecule has 4 N–H and O–H groups in total. The summed E-state index contributed by atoms with van der Waals surface area (Å²) in [5.41, 5.74) is 10.5. The number of carbonyl (C=O) groups is 1. The summed E-state index contributed by atoms with van der Waals surface area (Å²) in [7, 11) is 0. The molecule has 4 aromatic rings. The highest BCUT2D eigenvalue weighted by Crippen LogP contribution is 2.45. The van der Waals surface area contributed by atoms with E-state index in [1.165, 1.54) is 0 Å². The lowest BCUT2D eigenvalue weighted by Crippen LogP contribution is -2.26. The molecule has 1 amide bonds. The highest BCUT2D eigenvalue weighted by atomic mass is 32.2. The number of thioether (sulfide) groups is 1. The Morgan fingerprint density at radius 2 is 2.19 bits per heavy atom. The molecule has 0 fully saturated rings. The Bertz CT molecular complexity index is 1220. The van der Waals surface area contributed by atoms with E-state index in [0.717, 1.165) is 60.5 Å². The number of unbranched alkanes of at least 4 members (excludes halogenated alkanes) is 1. The Morgan fingerprint density at radius 1 is 1.31 bits per heavy atom. The molecular weight excluding hydrogens is 460 g/mol. The second kappa shape index (κ2) is 10.4. The standard InChI is InChI=1S/C23H24N4O2S3/c1-2-3-10-31-23-19(24)18-16(13-17(27-22(18)32-23)21-26-8-11-30-21)14-5-4-6-15(12-14)20(29)25-7-9-28/h4-6,8,11-13,28H,2-3,7,9-10,24H2,1H3,(H,25,29). The van der Waals surface area contributed by atoms with E-state index in [1.54, 1.807) is 46.7 Å². The lowest BCUT2D eigenvalue weighted by molar-refractivity contribution is 0.0945.